The Balaban J connectivity index is 0.000000253. The van der Waals surface area contributed by atoms with Crippen molar-refractivity contribution < 1.29 is 28.5 Å². The first-order valence-corrected chi connectivity index (χ1v) is 21.0. The van der Waals surface area contributed by atoms with Crippen LogP contribution >= 0.6 is 36.2 Å². The lowest BCUT2D eigenvalue weighted by Gasteiger charge is -2.06. The number of benzene rings is 5. The van der Waals surface area contributed by atoms with Crippen LogP contribution in [0, 0.1) is 0 Å². The molecule has 0 atom stereocenters. The molecule has 10 N–H and O–H groups in total. The first-order valence-electron chi connectivity index (χ1n) is 19.1. The normalized spacial score (nSPS) is 10.3. The van der Waals surface area contributed by atoms with Crippen molar-refractivity contribution in [3.05, 3.63) is 159 Å². The number of rotatable bonds is 9. The van der Waals surface area contributed by atoms with Gasteiger partial charge in [0.25, 0.3) is 0 Å². The van der Waals surface area contributed by atoms with Crippen LogP contribution < -0.4 is 47.6 Å². The van der Waals surface area contributed by atoms with Crippen molar-refractivity contribution in [1.29, 1.82) is 0 Å². The third kappa shape index (κ3) is 19.8. The SMILES string of the molecule is COC(=O)c1cccc(N)c1.COc1ccc(C(N)=S)cc1.COc1ccc(CS)cc1.COc1ccc(N)cc1OC.NCCc1cccs1.Nc1ccc2c(c1)CCC2. The van der Waals surface area contributed by atoms with E-state index in [1.165, 1.54) is 47.9 Å². The number of carbonyl (C=O) groups is 1. The van der Waals surface area contributed by atoms with E-state index in [0.29, 0.717) is 33.4 Å². The number of fused-ring (bicyclic) bond motifs is 1. The van der Waals surface area contributed by atoms with Gasteiger partial charge in [-0.3, -0.25) is 0 Å². The topological polar surface area (TPSA) is 193 Å². The van der Waals surface area contributed by atoms with Gasteiger partial charge < -0.3 is 52.4 Å². The number of methoxy groups -OCH3 is 5. The van der Waals surface area contributed by atoms with Gasteiger partial charge >= 0.3 is 5.97 Å². The fourth-order valence-corrected chi connectivity index (χ4v) is 6.38. The maximum atomic E-state index is 10.9. The first kappa shape index (κ1) is 51.2. The molecule has 0 amide bonds. The highest BCUT2D eigenvalue weighted by molar-refractivity contribution is 7.80. The zero-order valence-electron chi connectivity index (χ0n) is 35.5. The van der Waals surface area contributed by atoms with E-state index in [1.807, 2.05) is 54.6 Å². The second kappa shape index (κ2) is 29.3. The Morgan fingerprint density at radius 2 is 1.25 bits per heavy atom. The Bertz CT molecular complexity index is 2130. The largest absolute Gasteiger partial charge is 0.497 e. The fraction of sp³-hybridized carbons (Fsp3) is 0.234. The molecule has 14 heteroatoms. The quantitative estimate of drug-likeness (QED) is 0.0350. The average molecular weight is 886 g/mol. The van der Waals surface area contributed by atoms with Crippen molar-refractivity contribution in [2.45, 2.75) is 31.4 Å². The minimum atomic E-state index is -0.364. The molecule has 1 heterocycles. The number of hydrogen-bond acceptors (Lipinski definition) is 13. The number of nitrogens with two attached hydrogens (primary N) is 5. The minimum absolute atomic E-state index is 0.364. The maximum absolute atomic E-state index is 10.9. The van der Waals surface area contributed by atoms with E-state index < -0.39 is 0 Å². The summed E-state index contributed by atoms with van der Waals surface area (Å²) in [6.07, 6.45) is 4.80. The summed E-state index contributed by atoms with van der Waals surface area (Å²) in [6.45, 7) is 0.764. The lowest BCUT2D eigenvalue weighted by Crippen LogP contribution is -2.08. The van der Waals surface area contributed by atoms with Gasteiger partial charge in [-0.05, 0) is 139 Å². The summed E-state index contributed by atoms with van der Waals surface area (Å²) in [5.41, 5.74) is 35.0. The molecule has 1 aromatic heterocycles. The van der Waals surface area contributed by atoms with Gasteiger partial charge in [-0.2, -0.15) is 12.6 Å². The molecule has 11 nitrogen and oxygen atoms in total. The van der Waals surface area contributed by atoms with E-state index in [4.69, 9.17) is 59.8 Å². The summed E-state index contributed by atoms with van der Waals surface area (Å²) in [5, 5.41) is 2.07. The molecule has 0 bridgehead atoms. The van der Waals surface area contributed by atoms with Gasteiger partial charge in [-0.1, -0.05) is 42.5 Å². The lowest BCUT2D eigenvalue weighted by molar-refractivity contribution is 0.0600. The highest BCUT2D eigenvalue weighted by atomic mass is 32.1. The summed E-state index contributed by atoms with van der Waals surface area (Å²) < 4.78 is 24.5. The predicted octanol–water partition coefficient (Wildman–Crippen LogP) is 8.80. The highest BCUT2D eigenvalue weighted by Gasteiger charge is 2.09. The second-order valence-electron chi connectivity index (χ2n) is 12.8. The van der Waals surface area contributed by atoms with Crippen molar-refractivity contribution in [3.8, 4) is 23.0 Å². The molecular weight excluding hydrogens is 827 g/mol. The number of aryl methyl sites for hydroxylation is 2. The summed E-state index contributed by atoms with van der Waals surface area (Å²) >= 11 is 10.7. The van der Waals surface area contributed by atoms with Gasteiger partial charge in [0.05, 0.1) is 41.1 Å². The molecular formula is C47H59N5O6S3. The van der Waals surface area contributed by atoms with Gasteiger partial charge in [-0.15, -0.1) is 11.3 Å². The van der Waals surface area contributed by atoms with E-state index >= 15 is 0 Å². The van der Waals surface area contributed by atoms with E-state index in [9.17, 15) is 4.79 Å². The Labute approximate surface area is 375 Å². The zero-order chi connectivity index (χ0) is 45.0. The van der Waals surface area contributed by atoms with E-state index in [2.05, 4.69) is 47.0 Å². The average Bonchev–Trinajstić information content (AvgIpc) is 4.00. The molecule has 0 aliphatic heterocycles. The third-order valence-corrected chi connectivity index (χ3v) is 10.1. The minimum Gasteiger partial charge on any atom is -0.497 e. The van der Waals surface area contributed by atoms with Crippen molar-refractivity contribution in [3.63, 3.8) is 0 Å². The van der Waals surface area contributed by atoms with Gasteiger partial charge in [0.15, 0.2) is 11.5 Å². The number of thiocarbonyl (C=S) groups is 1. The molecule has 0 saturated heterocycles. The molecule has 1 aliphatic rings. The Kier molecular flexibility index (Phi) is 24.6. The van der Waals surface area contributed by atoms with E-state index in [0.717, 1.165) is 41.5 Å². The summed E-state index contributed by atoms with van der Waals surface area (Å²) in [6, 6.07) is 37.5. The van der Waals surface area contributed by atoms with Crippen molar-refractivity contribution >= 4 is 64.2 Å². The monoisotopic (exact) mass is 885 g/mol. The first-order chi connectivity index (χ1) is 29.4. The smallest absolute Gasteiger partial charge is 0.337 e. The Hall–Kier alpha value is -5.93. The number of carbonyl (C=O) groups excluding carboxylic acids is 1. The van der Waals surface area contributed by atoms with Crippen LogP contribution in [0.3, 0.4) is 0 Å². The van der Waals surface area contributed by atoms with Crippen molar-refractivity contribution in [2.24, 2.45) is 11.5 Å². The van der Waals surface area contributed by atoms with Gasteiger partial charge in [0.1, 0.15) is 16.5 Å². The molecule has 5 aromatic carbocycles. The number of thiophene rings is 1. The zero-order valence-corrected chi connectivity index (χ0v) is 38.0. The number of thiol groups is 1. The molecule has 0 unspecified atom stereocenters. The van der Waals surface area contributed by atoms with Crippen LogP contribution in [-0.2, 0) is 29.8 Å². The van der Waals surface area contributed by atoms with Crippen LogP contribution in [0.4, 0.5) is 17.1 Å². The van der Waals surface area contributed by atoms with Crippen LogP contribution in [0.5, 0.6) is 23.0 Å². The molecule has 326 valence electrons. The number of hydrogen-bond donors (Lipinski definition) is 6. The van der Waals surface area contributed by atoms with Crippen LogP contribution in [0.1, 0.15) is 43.9 Å². The highest BCUT2D eigenvalue weighted by Crippen LogP contribution is 2.28. The van der Waals surface area contributed by atoms with E-state index in [-0.39, 0.29) is 5.97 Å². The van der Waals surface area contributed by atoms with Crippen LogP contribution in [0.25, 0.3) is 0 Å². The van der Waals surface area contributed by atoms with Gasteiger partial charge in [-0.25, -0.2) is 4.79 Å². The lowest BCUT2D eigenvalue weighted by atomic mass is 10.1. The summed E-state index contributed by atoms with van der Waals surface area (Å²) in [7, 11) is 7.79. The second-order valence-corrected chi connectivity index (χ2v) is 14.6. The summed E-state index contributed by atoms with van der Waals surface area (Å²) in [5.74, 6) is 3.48. The maximum Gasteiger partial charge on any atom is 0.337 e. The number of esters is 1. The summed E-state index contributed by atoms with van der Waals surface area (Å²) in [4.78, 5) is 12.7. The molecule has 0 spiro atoms. The molecule has 1 aliphatic carbocycles. The van der Waals surface area contributed by atoms with Crippen molar-refractivity contribution in [1.82, 2.24) is 0 Å². The van der Waals surface area contributed by atoms with E-state index in [1.54, 1.807) is 82.2 Å². The molecule has 61 heavy (non-hydrogen) atoms. The van der Waals surface area contributed by atoms with Crippen molar-refractivity contribution in [2.75, 3.05) is 59.3 Å². The predicted molar refractivity (Wildman–Crippen MR) is 261 cm³/mol. The number of ether oxygens (including phenoxy) is 5. The standard InChI is InChI=1S/C9H11N.C8H11NO2.C8H9NO2.C8H9NOS.C8H10OS.C6H9NS/c10-9-5-4-7-2-1-3-8(7)6-9;1-10-7-4-3-6(9)5-8(7)11-2;1-11-8(10)6-3-2-4-7(9)5-6;1-10-7-4-2-6(3-5-7)8(9)11;1-9-8-4-2-7(6-10)3-5-8;7-4-3-6-2-1-5-8-6/h4-6H,1-3,10H2;3-5H,9H2,1-2H3;2-5H,9H2,1H3;2-5H,1H3,(H2,9,11);2-5,10H,6H2,1H3;1-2,5H,3-4,7H2. The Morgan fingerprint density at radius 1 is 0.656 bits per heavy atom. The molecule has 0 radical (unpaired) electrons. The van der Waals surface area contributed by atoms with Gasteiger partial charge in [0, 0.05) is 39.3 Å². The number of nitrogen functional groups attached to an aromatic ring is 3. The van der Waals surface area contributed by atoms with Crippen LogP contribution in [0.2, 0.25) is 0 Å². The third-order valence-electron chi connectivity index (χ3n) is 8.52. The van der Waals surface area contributed by atoms with Crippen LogP contribution in [0.15, 0.2) is 127 Å². The van der Waals surface area contributed by atoms with Crippen LogP contribution in [-0.4, -0.2) is 53.1 Å². The molecule has 0 saturated carbocycles. The fourth-order valence-electron chi connectivity index (χ4n) is 5.31. The Morgan fingerprint density at radius 3 is 1.77 bits per heavy atom. The van der Waals surface area contributed by atoms with Gasteiger partial charge in [0.2, 0.25) is 0 Å². The molecule has 0 fully saturated rings. The number of anilines is 3. The molecule has 6 aromatic rings. The molecule has 7 rings (SSSR count).